The van der Waals surface area contributed by atoms with E-state index in [1.54, 1.807) is 32.4 Å². The fraction of sp³-hybridized carbons (Fsp3) is 0.435. The number of hydrogen-bond acceptors (Lipinski definition) is 5. The number of hydrogen-bond donors (Lipinski definition) is 1. The summed E-state index contributed by atoms with van der Waals surface area (Å²) in [5.41, 5.74) is 2.84. The van der Waals surface area contributed by atoms with E-state index in [0.29, 0.717) is 23.6 Å². The maximum Gasteiger partial charge on any atom is 0.251 e. The lowest BCUT2D eigenvalue weighted by molar-refractivity contribution is -0.0705. The summed E-state index contributed by atoms with van der Waals surface area (Å²) in [4.78, 5) is 15.1. The minimum atomic E-state index is -0.161. The van der Waals surface area contributed by atoms with Crippen molar-refractivity contribution in [2.75, 3.05) is 27.3 Å². The van der Waals surface area contributed by atoms with Gasteiger partial charge in [0.25, 0.3) is 5.91 Å². The molecule has 0 bridgehead atoms. The minimum Gasteiger partial charge on any atom is -0.497 e. The van der Waals surface area contributed by atoms with Gasteiger partial charge in [0.2, 0.25) is 0 Å². The molecule has 3 rings (SSSR count). The summed E-state index contributed by atoms with van der Waals surface area (Å²) in [6, 6.07) is 13.4. The van der Waals surface area contributed by atoms with Gasteiger partial charge in [0, 0.05) is 37.8 Å². The molecule has 156 valence electrons. The second-order valence-corrected chi connectivity index (χ2v) is 7.50. The third-order valence-corrected chi connectivity index (χ3v) is 5.06. The Morgan fingerprint density at radius 2 is 1.62 bits per heavy atom. The van der Waals surface area contributed by atoms with Crippen LogP contribution in [0, 0.1) is 0 Å². The molecule has 1 fully saturated rings. The van der Waals surface area contributed by atoms with Gasteiger partial charge in [-0.25, -0.2) is 0 Å². The molecular formula is C23H30N2O4. The van der Waals surface area contributed by atoms with E-state index in [2.05, 4.69) is 36.2 Å². The quantitative estimate of drug-likeness (QED) is 0.776. The van der Waals surface area contributed by atoms with Crippen molar-refractivity contribution >= 4 is 5.91 Å². The van der Waals surface area contributed by atoms with E-state index in [1.165, 1.54) is 5.56 Å². The fourth-order valence-corrected chi connectivity index (χ4v) is 3.75. The van der Waals surface area contributed by atoms with Crippen LogP contribution in [0.25, 0.3) is 0 Å². The molecule has 0 aromatic heterocycles. The van der Waals surface area contributed by atoms with Gasteiger partial charge in [-0.2, -0.15) is 0 Å². The summed E-state index contributed by atoms with van der Waals surface area (Å²) >= 11 is 0. The molecule has 1 N–H and O–H groups in total. The lowest BCUT2D eigenvalue weighted by Crippen LogP contribution is -2.45. The largest absolute Gasteiger partial charge is 0.497 e. The summed E-state index contributed by atoms with van der Waals surface area (Å²) in [6.07, 6.45) is 0.460. The van der Waals surface area contributed by atoms with Crippen LogP contribution in [0.5, 0.6) is 11.5 Å². The maximum atomic E-state index is 12.7. The predicted molar refractivity (Wildman–Crippen MR) is 112 cm³/mol. The van der Waals surface area contributed by atoms with Gasteiger partial charge in [-0.05, 0) is 37.1 Å². The number of benzene rings is 2. The number of nitrogens with one attached hydrogen (secondary N) is 1. The molecule has 0 saturated carbocycles. The molecule has 0 unspecified atom stereocenters. The molecule has 1 heterocycles. The van der Waals surface area contributed by atoms with Gasteiger partial charge in [-0.3, -0.25) is 9.69 Å². The van der Waals surface area contributed by atoms with Gasteiger partial charge in [0.15, 0.2) is 0 Å². The van der Waals surface area contributed by atoms with E-state index in [4.69, 9.17) is 14.2 Å². The van der Waals surface area contributed by atoms with Gasteiger partial charge in [-0.15, -0.1) is 0 Å². The SMILES string of the molecule is COc1cc(OC)cc(C(=O)NCc2ccccc2CN2C[C@H](C)O[C@@H](C)C2)c1. The van der Waals surface area contributed by atoms with Crippen LogP contribution in [-0.2, 0) is 17.8 Å². The smallest absolute Gasteiger partial charge is 0.251 e. The molecule has 1 saturated heterocycles. The molecule has 2 atom stereocenters. The number of morpholine rings is 1. The second-order valence-electron chi connectivity index (χ2n) is 7.50. The lowest BCUT2D eigenvalue weighted by Gasteiger charge is -2.35. The van der Waals surface area contributed by atoms with E-state index >= 15 is 0 Å². The lowest BCUT2D eigenvalue weighted by atomic mass is 10.1. The fourth-order valence-electron chi connectivity index (χ4n) is 3.75. The van der Waals surface area contributed by atoms with Crippen LogP contribution in [0.4, 0.5) is 0 Å². The zero-order valence-corrected chi connectivity index (χ0v) is 17.6. The highest BCUT2D eigenvalue weighted by atomic mass is 16.5. The number of nitrogens with zero attached hydrogens (tertiary/aromatic N) is 1. The monoisotopic (exact) mass is 398 g/mol. The Bertz CT molecular complexity index is 807. The second kappa shape index (κ2) is 9.76. The Morgan fingerprint density at radius 1 is 1.03 bits per heavy atom. The van der Waals surface area contributed by atoms with E-state index in [1.807, 2.05) is 12.1 Å². The average Bonchev–Trinajstić information content (AvgIpc) is 2.71. The van der Waals surface area contributed by atoms with Gasteiger partial charge in [0.1, 0.15) is 11.5 Å². The van der Waals surface area contributed by atoms with Crippen LogP contribution in [0.3, 0.4) is 0 Å². The molecule has 6 heteroatoms. The number of methoxy groups -OCH3 is 2. The Kier molecular flexibility index (Phi) is 7.12. The van der Waals surface area contributed by atoms with Crippen molar-refractivity contribution in [2.24, 2.45) is 0 Å². The molecule has 29 heavy (non-hydrogen) atoms. The Labute approximate surface area is 172 Å². The van der Waals surface area contributed by atoms with E-state index < -0.39 is 0 Å². The highest BCUT2D eigenvalue weighted by molar-refractivity contribution is 5.95. The Balaban J connectivity index is 1.67. The van der Waals surface area contributed by atoms with Gasteiger partial charge >= 0.3 is 0 Å². The van der Waals surface area contributed by atoms with Crippen molar-refractivity contribution in [3.05, 3.63) is 59.2 Å². The van der Waals surface area contributed by atoms with Crippen molar-refractivity contribution in [3.63, 3.8) is 0 Å². The van der Waals surface area contributed by atoms with Gasteiger partial charge in [-0.1, -0.05) is 24.3 Å². The molecule has 0 aliphatic carbocycles. The van der Waals surface area contributed by atoms with Crippen LogP contribution in [0.15, 0.2) is 42.5 Å². The normalized spacial score (nSPS) is 19.6. The number of rotatable bonds is 7. The first-order valence-electron chi connectivity index (χ1n) is 9.94. The van der Waals surface area contributed by atoms with E-state index in [9.17, 15) is 4.79 Å². The molecule has 6 nitrogen and oxygen atoms in total. The summed E-state index contributed by atoms with van der Waals surface area (Å²) in [7, 11) is 3.14. The predicted octanol–water partition coefficient (Wildman–Crippen LogP) is 3.24. The molecular weight excluding hydrogens is 368 g/mol. The van der Waals surface area contributed by atoms with Crippen LogP contribution in [-0.4, -0.2) is 50.3 Å². The molecule has 0 spiro atoms. The van der Waals surface area contributed by atoms with Gasteiger partial charge < -0.3 is 19.5 Å². The van der Waals surface area contributed by atoms with Crippen LogP contribution < -0.4 is 14.8 Å². The number of carbonyl (C=O) groups excluding carboxylic acids is 1. The third-order valence-electron chi connectivity index (χ3n) is 5.06. The Morgan fingerprint density at radius 3 is 2.21 bits per heavy atom. The molecule has 1 aliphatic rings. The zero-order chi connectivity index (χ0) is 20.8. The highest BCUT2D eigenvalue weighted by Crippen LogP contribution is 2.23. The summed E-state index contributed by atoms with van der Waals surface area (Å²) < 4.78 is 16.3. The minimum absolute atomic E-state index is 0.161. The van der Waals surface area contributed by atoms with Crippen LogP contribution in [0.2, 0.25) is 0 Å². The molecule has 0 radical (unpaired) electrons. The first kappa shape index (κ1) is 21.1. The Hall–Kier alpha value is -2.57. The van der Waals surface area contributed by atoms with Crippen molar-refractivity contribution in [3.8, 4) is 11.5 Å². The summed E-state index contributed by atoms with van der Waals surface area (Å²) in [5.74, 6) is 1.02. The van der Waals surface area contributed by atoms with Crippen molar-refractivity contribution < 1.29 is 19.0 Å². The molecule has 1 aliphatic heterocycles. The van der Waals surface area contributed by atoms with Crippen LogP contribution >= 0.6 is 0 Å². The summed E-state index contributed by atoms with van der Waals surface area (Å²) in [5, 5.41) is 3.02. The zero-order valence-electron chi connectivity index (χ0n) is 17.6. The van der Waals surface area contributed by atoms with Crippen molar-refractivity contribution in [2.45, 2.75) is 39.1 Å². The van der Waals surface area contributed by atoms with Crippen LogP contribution in [0.1, 0.15) is 35.3 Å². The van der Waals surface area contributed by atoms with Gasteiger partial charge in [0.05, 0.1) is 26.4 Å². The number of ether oxygens (including phenoxy) is 3. The van der Waals surface area contributed by atoms with Crippen molar-refractivity contribution in [1.82, 2.24) is 10.2 Å². The molecule has 1 amide bonds. The van der Waals surface area contributed by atoms with Crippen molar-refractivity contribution in [1.29, 1.82) is 0 Å². The standard InChI is InChI=1S/C23H30N2O4/c1-16-13-25(14-17(2)29-16)15-19-8-6-5-7-18(19)12-24-23(26)20-9-21(27-3)11-22(10-20)28-4/h5-11,16-17H,12-15H2,1-4H3,(H,24,26)/t16-,17-/m0/s1. The number of carbonyl (C=O) groups is 1. The maximum absolute atomic E-state index is 12.7. The topological polar surface area (TPSA) is 60.0 Å². The first-order chi connectivity index (χ1) is 14.0. The van der Waals surface area contributed by atoms with E-state index in [0.717, 1.165) is 25.2 Å². The highest BCUT2D eigenvalue weighted by Gasteiger charge is 2.22. The van der Waals surface area contributed by atoms with E-state index in [-0.39, 0.29) is 18.1 Å². The molecule has 2 aromatic rings. The molecule has 2 aromatic carbocycles. The first-order valence-corrected chi connectivity index (χ1v) is 9.94. The number of amides is 1. The third kappa shape index (κ3) is 5.71. The summed E-state index contributed by atoms with van der Waals surface area (Å²) in [6.45, 7) is 7.35. The average molecular weight is 399 g/mol.